The van der Waals surface area contributed by atoms with Crippen LogP contribution in [0, 0.1) is 5.92 Å². The zero-order valence-corrected chi connectivity index (χ0v) is 11.5. The maximum atomic E-state index is 12.5. The molecule has 2 rings (SSSR count). The van der Waals surface area contributed by atoms with Crippen molar-refractivity contribution in [3.63, 3.8) is 0 Å². The van der Waals surface area contributed by atoms with Gasteiger partial charge in [0.05, 0.1) is 0 Å². The Kier molecular flexibility index (Phi) is 3.78. The number of rotatable bonds is 3. The highest BCUT2D eigenvalue weighted by molar-refractivity contribution is 6.09. The summed E-state index contributed by atoms with van der Waals surface area (Å²) in [5.74, 6) is -0.417. The van der Waals surface area contributed by atoms with Crippen molar-refractivity contribution in [1.82, 2.24) is 15.5 Å². The lowest BCUT2D eigenvalue weighted by Gasteiger charge is -2.36. The molecule has 1 saturated heterocycles. The highest BCUT2D eigenvalue weighted by Crippen LogP contribution is 2.37. The van der Waals surface area contributed by atoms with E-state index in [1.54, 1.807) is 6.92 Å². The molecule has 6 nitrogen and oxygen atoms in total. The van der Waals surface area contributed by atoms with E-state index in [0.29, 0.717) is 13.0 Å². The average molecular weight is 267 g/mol. The molecule has 1 heterocycles. The van der Waals surface area contributed by atoms with Crippen molar-refractivity contribution in [3.8, 4) is 0 Å². The van der Waals surface area contributed by atoms with Crippen LogP contribution in [-0.2, 0) is 9.59 Å². The van der Waals surface area contributed by atoms with Gasteiger partial charge in [-0.05, 0) is 25.7 Å². The van der Waals surface area contributed by atoms with E-state index in [-0.39, 0.29) is 24.3 Å². The van der Waals surface area contributed by atoms with Gasteiger partial charge in [0, 0.05) is 6.54 Å². The minimum atomic E-state index is -0.776. The zero-order chi connectivity index (χ0) is 14.0. The second kappa shape index (κ2) is 5.19. The Morgan fingerprint density at radius 1 is 1.47 bits per heavy atom. The molecule has 0 aromatic carbocycles. The Morgan fingerprint density at radius 2 is 2.21 bits per heavy atom. The van der Waals surface area contributed by atoms with Gasteiger partial charge >= 0.3 is 6.03 Å². The third-order valence-corrected chi connectivity index (χ3v) is 4.18. The van der Waals surface area contributed by atoms with Crippen LogP contribution in [0.2, 0.25) is 0 Å². The number of hydrogen-bond donors (Lipinski definition) is 2. The number of hydrogen-bond acceptors (Lipinski definition) is 3. The van der Waals surface area contributed by atoms with Gasteiger partial charge in [0.1, 0.15) is 12.1 Å². The molecule has 2 fully saturated rings. The van der Waals surface area contributed by atoms with E-state index in [0.717, 1.165) is 24.2 Å². The Bertz CT molecular complexity index is 410. The van der Waals surface area contributed by atoms with Crippen LogP contribution in [0.5, 0.6) is 0 Å². The fraction of sp³-hybridized carbons (Fsp3) is 0.769. The van der Waals surface area contributed by atoms with Gasteiger partial charge in [0.2, 0.25) is 5.91 Å². The highest BCUT2D eigenvalue weighted by atomic mass is 16.2. The minimum Gasteiger partial charge on any atom is -0.355 e. The third kappa shape index (κ3) is 2.31. The second-order valence-corrected chi connectivity index (χ2v) is 5.39. The Hall–Kier alpha value is -1.59. The quantitative estimate of drug-likeness (QED) is 0.736. The number of imide groups is 1. The molecule has 4 amide bonds. The topological polar surface area (TPSA) is 78.5 Å². The van der Waals surface area contributed by atoms with E-state index in [4.69, 9.17) is 0 Å². The molecule has 0 unspecified atom stereocenters. The van der Waals surface area contributed by atoms with Crippen LogP contribution in [0.3, 0.4) is 0 Å². The molecule has 2 aliphatic rings. The van der Waals surface area contributed by atoms with Crippen LogP contribution < -0.4 is 10.6 Å². The maximum Gasteiger partial charge on any atom is 0.325 e. The Balaban J connectivity index is 2.13. The summed E-state index contributed by atoms with van der Waals surface area (Å²) in [4.78, 5) is 37.1. The predicted molar refractivity (Wildman–Crippen MR) is 69.3 cm³/mol. The molecule has 0 radical (unpaired) electrons. The summed E-state index contributed by atoms with van der Waals surface area (Å²) < 4.78 is 0. The molecule has 0 aromatic heterocycles. The molecule has 1 saturated carbocycles. The van der Waals surface area contributed by atoms with Gasteiger partial charge in [-0.2, -0.15) is 0 Å². The maximum absolute atomic E-state index is 12.5. The van der Waals surface area contributed by atoms with Gasteiger partial charge < -0.3 is 10.6 Å². The smallest absolute Gasteiger partial charge is 0.325 e. The lowest BCUT2D eigenvalue weighted by molar-refractivity contribution is -0.137. The van der Waals surface area contributed by atoms with Gasteiger partial charge in [-0.15, -0.1) is 0 Å². The fourth-order valence-corrected chi connectivity index (χ4v) is 3.04. The average Bonchev–Trinajstić information content (AvgIpc) is 2.59. The van der Waals surface area contributed by atoms with Crippen LogP contribution >= 0.6 is 0 Å². The summed E-state index contributed by atoms with van der Waals surface area (Å²) in [7, 11) is 0. The van der Waals surface area contributed by atoms with E-state index in [2.05, 4.69) is 10.6 Å². The second-order valence-electron chi connectivity index (χ2n) is 5.39. The molecule has 1 spiro atoms. The molecule has 19 heavy (non-hydrogen) atoms. The van der Waals surface area contributed by atoms with E-state index in [1.807, 2.05) is 6.92 Å². The standard InChI is InChI=1S/C13H21N3O3/c1-3-14-10(17)8-16-11(18)13(15-12(16)19)7-5-4-6-9(13)2/h9H,3-8H2,1-2H3,(H,14,17)(H,15,19)/t9-,13-/m1/s1. The van der Waals surface area contributed by atoms with Crippen LogP contribution in [0.25, 0.3) is 0 Å². The van der Waals surface area contributed by atoms with Gasteiger partial charge in [-0.25, -0.2) is 4.79 Å². The lowest BCUT2D eigenvalue weighted by Crippen LogP contribution is -2.54. The number of nitrogens with one attached hydrogen (secondary N) is 2. The van der Waals surface area contributed by atoms with Crippen molar-refractivity contribution in [2.75, 3.05) is 13.1 Å². The van der Waals surface area contributed by atoms with Crippen molar-refractivity contribution >= 4 is 17.8 Å². The van der Waals surface area contributed by atoms with Gasteiger partial charge in [0.15, 0.2) is 0 Å². The predicted octanol–water partition coefficient (Wildman–Crippen LogP) is 0.623. The SMILES string of the molecule is CCNC(=O)CN1C(=O)N[C@@]2(CCCC[C@H]2C)C1=O. The van der Waals surface area contributed by atoms with Crippen molar-refractivity contribution in [2.24, 2.45) is 5.92 Å². The first-order valence-electron chi connectivity index (χ1n) is 6.92. The number of urea groups is 1. The Labute approximate surface area is 112 Å². The van der Waals surface area contributed by atoms with Crippen molar-refractivity contribution in [3.05, 3.63) is 0 Å². The van der Waals surface area contributed by atoms with Crippen molar-refractivity contribution < 1.29 is 14.4 Å². The lowest BCUT2D eigenvalue weighted by atomic mass is 9.73. The van der Waals surface area contributed by atoms with Crippen molar-refractivity contribution in [2.45, 2.75) is 45.1 Å². The minimum absolute atomic E-state index is 0.122. The van der Waals surface area contributed by atoms with Gasteiger partial charge in [0.25, 0.3) is 5.91 Å². The summed E-state index contributed by atoms with van der Waals surface area (Å²) in [6, 6.07) is -0.440. The van der Waals surface area contributed by atoms with E-state index < -0.39 is 11.6 Å². The highest BCUT2D eigenvalue weighted by Gasteiger charge is 2.55. The van der Waals surface area contributed by atoms with Crippen LogP contribution in [0.1, 0.15) is 39.5 Å². The molecule has 0 aromatic rings. The largest absolute Gasteiger partial charge is 0.355 e. The number of nitrogens with zero attached hydrogens (tertiary/aromatic N) is 1. The first-order valence-corrected chi connectivity index (χ1v) is 6.92. The van der Waals surface area contributed by atoms with E-state index in [9.17, 15) is 14.4 Å². The molecule has 1 aliphatic heterocycles. The zero-order valence-electron chi connectivity index (χ0n) is 11.5. The normalized spacial score (nSPS) is 30.6. The van der Waals surface area contributed by atoms with Gasteiger partial charge in [-0.3, -0.25) is 14.5 Å². The summed E-state index contributed by atoms with van der Waals surface area (Å²) in [6.45, 7) is 4.10. The molecule has 2 atom stereocenters. The number of likely N-dealkylation sites (N-methyl/N-ethyl adjacent to an activating group) is 1. The van der Waals surface area contributed by atoms with Crippen LogP contribution in [-0.4, -0.2) is 41.4 Å². The Morgan fingerprint density at radius 3 is 2.84 bits per heavy atom. The molecule has 106 valence electrons. The summed E-state index contributed by atoms with van der Waals surface area (Å²) in [5, 5.41) is 5.43. The number of carbonyl (C=O) groups is 3. The molecule has 2 N–H and O–H groups in total. The molecular formula is C13H21N3O3. The summed E-state index contributed by atoms with van der Waals surface area (Å²) >= 11 is 0. The molecule has 6 heteroatoms. The summed E-state index contributed by atoms with van der Waals surface area (Å²) in [5.41, 5.74) is -0.776. The third-order valence-electron chi connectivity index (χ3n) is 4.18. The first-order chi connectivity index (χ1) is 9.01. The van der Waals surface area contributed by atoms with Crippen molar-refractivity contribution in [1.29, 1.82) is 0 Å². The van der Waals surface area contributed by atoms with Crippen LogP contribution in [0.15, 0.2) is 0 Å². The monoisotopic (exact) mass is 267 g/mol. The molecule has 1 aliphatic carbocycles. The number of amides is 4. The number of carbonyl (C=O) groups excluding carboxylic acids is 3. The molecular weight excluding hydrogens is 246 g/mol. The van der Waals surface area contributed by atoms with E-state index in [1.165, 1.54) is 0 Å². The van der Waals surface area contributed by atoms with Crippen LogP contribution in [0.4, 0.5) is 4.79 Å². The summed E-state index contributed by atoms with van der Waals surface area (Å²) in [6.07, 6.45) is 3.62. The van der Waals surface area contributed by atoms with E-state index >= 15 is 0 Å². The first kappa shape index (κ1) is 13.8. The van der Waals surface area contributed by atoms with Gasteiger partial charge in [-0.1, -0.05) is 19.8 Å². The fourth-order valence-electron chi connectivity index (χ4n) is 3.04. The molecule has 0 bridgehead atoms.